The normalized spacial score (nSPS) is 18.2. The van der Waals surface area contributed by atoms with Crippen molar-refractivity contribution in [2.45, 2.75) is 29.6 Å². The third-order valence-electron chi connectivity index (χ3n) is 3.71. The minimum Gasteiger partial charge on any atom is -0.374 e. The van der Waals surface area contributed by atoms with Crippen molar-refractivity contribution >= 4 is 33.8 Å². The number of thioether (sulfide) groups is 1. The van der Waals surface area contributed by atoms with Gasteiger partial charge in [0.15, 0.2) is 4.34 Å². The summed E-state index contributed by atoms with van der Waals surface area (Å²) in [5, 5.41) is 12.0. The summed E-state index contributed by atoms with van der Waals surface area (Å²) in [6.07, 6.45) is 5.78. The van der Waals surface area contributed by atoms with Crippen LogP contribution in [0.3, 0.4) is 0 Å². The van der Waals surface area contributed by atoms with Crippen molar-refractivity contribution in [3.05, 3.63) is 42.0 Å². The first-order valence-corrected chi connectivity index (χ1v) is 9.31. The Bertz CT molecular complexity index is 624. The molecule has 3 rings (SSSR count). The molecule has 3 N–H and O–H groups in total. The fraction of sp³-hybridized carbons (Fsp3) is 0.375. The number of nitrogens with two attached hydrogens (primary N) is 1. The molecule has 0 amide bonds. The van der Waals surface area contributed by atoms with Gasteiger partial charge in [-0.05, 0) is 30.4 Å². The van der Waals surface area contributed by atoms with Crippen LogP contribution in [0.15, 0.2) is 40.7 Å². The standard InChI is InChI=1S/C16H20N4S2/c17-15-19-20-16(22-15)21-10-4-7-14-11-13(8-9-18-14)12-5-2-1-3-6-12/h1-3,5-6,8,14,18H,4,7,9-11H2,(H2,17,19). The number of nitrogens with one attached hydrogen (secondary N) is 1. The molecule has 0 radical (unpaired) electrons. The highest BCUT2D eigenvalue weighted by Gasteiger charge is 2.15. The van der Waals surface area contributed by atoms with Gasteiger partial charge in [-0.1, -0.05) is 59.5 Å². The smallest absolute Gasteiger partial charge is 0.203 e. The number of hydrogen-bond acceptors (Lipinski definition) is 6. The van der Waals surface area contributed by atoms with Crippen LogP contribution in [0.5, 0.6) is 0 Å². The van der Waals surface area contributed by atoms with Gasteiger partial charge < -0.3 is 11.1 Å². The summed E-state index contributed by atoms with van der Waals surface area (Å²) in [7, 11) is 0. The van der Waals surface area contributed by atoms with Gasteiger partial charge in [0.1, 0.15) is 0 Å². The second-order valence-electron chi connectivity index (χ2n) is 5.30. The summed E-state index contributed by atoms with van der Waals surface area (Å²) in [6.45, 7) is 0.967. The zero-order valence-corrected chi connectivity index (χ0v) is 14.0. The Hall–Kier alpha value is -1.37. The summed E-state index contributed by atoms with van der Waals surface area (Å²) in [6, 6.07) is 11.3. The molecule has 1 aromatic heterocycles. The van der Waals surface area contributed by atoms with E-state index in [9.17, 15) is 0 Å². The Balaban J connectivity index is 1.43. The lowest BCUT2D eigenvalue weighted by atomic mass is 9.93. The summed E-state index contributed by atoms with van der Waals surface area (Å²) in [4.78, 5) is 0. The van der Waals surface area contributed by atoms with Crippen LogP contribution in [-0.2, 0) is 0 Å². The zero-order valence-electron chi connectivity index (χ0n) is 12.4. The average molecular weight is 332 g/mol. The first kappa shape index (κ1) is 15.5. The number of rotatable bonds is 6. The second kappa shape index (κ2) is 7.76. The van der Waals surface area contributed by atoms with Crippen LogP contribution in [0.25, 0.3) is 5.57 Å². The van der Waals surface area contributed by atoms with E-state index in [-0.39, 0.29) is 0 Å². The maximum atomic E-state index is 5.59. The molecule has 1 aliphatic rings. The van der Waals surface area contributed by atoms with Crippen molar-refractivity contribution in [2.24, 2.45) is 0 Å². The lowest BCUT2D eigenvalue weighted by Gasteiger charge is -2.24. The number of nitrogen functional groups attached to an aromatic ring is 1. The lowest BCUT2D eigenvalue weighted by molar-refractivity contribution is 0.497. The summed E-state index contributed by atoms with van der Waals surface area (Å²) in [5.41, 5.74) is 8.41. The summed E-state index contributed by atoms with van der Waals surface area (Å²) >= 11 is 3.21. The minimum atomic E-state index is 0.550. The highest BCUT2D eigenvalue weighted by molar-refractivity contribution is 8.01. The van der Waals surface area contributed by atoms with Crippen LogP contribution in [0.1, 0.15) is 24.8 Å². The van der Waals surface area contributed by atoms with E-state index in [0.29, 0.717) is 11.2 Å². The van der Waals surface area contributed by atoms with E-state index in [2.05, 4.69) is 51.9 Å². The number of hydrogen-bond donors (Lipinski definition) is 2. The van der Waals surface area contributed by atoms with Gasteiger partial charge in [-0.25, -0.2) is 0 Å². The molecule has 0 spiro atoms. The van der Waals surface area contributed by atoms with Crippen LogP contribution in [-0.4, -0.2) is 28.5 Å². The van der Waals surface area contributed by atoms with E-state index >= 15 is 0 Å². The van der Waals surface area contributed by atoms with Crippen molar-refractivity contribution < 1.29 is 0 Å². The molecule has 0 aliphatic carbocycles. The predicted octanol–water partition coefficient (Wildman–Crippen LogP) is 3.44. The van der Waals surface area contributed by atoms with Crippen molar-refractivity contribution in [3.63, 3.8) is 0 Å². The Morgan fingerprint density at radius 1 is 1.27 bits per heavy atom. The van der Waals surface area contributed by atoms with Crippen LogP contribution in [0, 0.1) is 0 Å². The van der Waals surface area contributed by atoms with E-state index in [1.807, 2.05) is 0 Å². The van der Waals surface area contributed by atoms with E-state index in [0.717, 1.165) is 23.1 Å². The molecule has 0 fully saturated rings. The molecule has 1 aliphatic heterocycles. The maximum Gasteiger partial charge on any atom is 0.203 e. The molecular weight excluding hydrogens is 312 g/mol. The van der Waals surface area contributed by atoms with Crippen molar-refractivity contribution in [1.29, 1.82) is 0 Å². The fourth-order valence-electron chi connectivity index (χ4n) is 2.63. The molecule has 0 saturated heterocycles. The number of benzene rings is 1. The number of aromatic nitrogens is 2. The van der Waals surface area contributed by atoms with Crippen LogP contribution >= 0.6 is 23.1 Å². The van der Waals surface area contributed by atoms with E-state index < -0.39 is 0 Å². The van der Waals surface area contributed by atoms with Crippen LogP contribution < -0.4 is 11.1 Å². The molecule has 1 atom stereocenters. The molecule has 1 unspecified atom stereocenters. The van der Waals surface area contributed by atoms with Gasteiger partial charge in [0.25, 0.3) is 0 Å². The van der Waals surface area contributed by atoms with Gasteiger partial charge in [-0.3, -0.25) is 0 Å². The van der Waals surface area contributed by atoms with E-state index in [1.54, 1.807) is 11.8 Å². The summed E-state index contributed by atoms with van der Waals surface area (Å²) < 4.78 is 0.971. The van der Waals surface area contributed by atoms with Crippen LogP contribution in [0.4, 0.5) is 5.13 Å². The number of nitrogens with zero attached hydrogens (tertiary/aromatic N) is 2. The zero-order chi connectivity index (χ0) is 15.2. The molecule has 22 heavy (non-hydrogen) atoms. The second-order valence-corrected chi connectivity index (χ2v) is 7.65. The molecule has 1 aromatic carbocycles. The molecule has 6 heteroatoms. The molecule has 0 saturated carbocycles. The maximum absolute atomic E-state index is 5.59. The summed E-state index contributed by atoms with van der Waals surface area (Å²) in [5.74, 6) is 1.07. The predicted molar refractivity (Wildman–Crippen MR) is 95.1 cm³/mol. The fourth-order valence-corrected chi connectivity index (χ4v) is 4.30. The quantitative estimate of drug-likeness (QED) is 0.627. The Morgan fingerprint density at radius 3 is 2.91 bits per heavy atom. The van der Waals surface area contributed by atoms with Gasteiger partial charge >= 0.3 is 0 Å². The monoisotopic (exact) mass is 332 g/mol. The van der Waals surface area contributed by atoms with Gasteiger partial charge in [0.05, 0.1) is 0 Å². The van der Waals surface area contributed by atoms with Crippen molar-refractivity contribution in [3.8, 4) is 0 Å². The molecular formula is C16H20N4S2. The topological polar surface area (TPSA) is 63.8 Å². The molecule has 0 bridgehead atoms. The lowest BCUT2D eigenvalue weighted by Crippen LogP contribution is -2.32. The Kier molecular flexibility index (Phi) is 5.48. The van der Waals surface area contributed by atoms with Gasteiger partial charge in [-0.2, -0.15) is 0 Å². The largest absolute Gasteiger partial charge is 0.374 e. The molecule has 2 aromatic rings. The molecule has 116 valence electrons. The highest BCUT2D eigenvalue weighted by Crippen LogP contribution is 2.27. The Labute approximate surface area is 139 Å². The van der Waals surface area contributed by atoms with E-state index in [1.165, 1.54) is 35.3 Å². The van der Waals surface area contributed by atoms with Gasteiger partial charge in [0, 0.05) is 18.3 Å². The first-order valence-electron chi connectivity index (χ1n) is 7.51. The van der Waals surface area contributed by atoms with Gasteiger partial charge in [0.2, 0.25) is 5.13 Å². The molecule has 4 nitrogen and oxygen atoms in total. The third kappa shape index (κ3) is 4.32. The van der Waals surface area contributed by atoms with Crippen molar-refractivity contribution in [2.75, 3.05) is 18.0 Å². The minimum absolute atomic E-state index is 0.550. The SMILES string of the molecule is Nc1nnc(SCCCC2CC(c3ccccc3)=CCN2)s1. The molecule has 2 heterocycles. The third-order valence-corrected chi connectivity index (χ3v) is 5.68. The highest BCUT2D eigenvalue weighted by atomic mass is 32.2. The van der Waals surface area contributed by atoms with Crippen LogP contribution in [0.2, 0.25) is 0 Å². The first-order chi connectivity index (χ1) is 10.8. The average Bonchev–Trinajstić information content (AvgIpc) is 2.98. The number of anilines is 1. The Morgan fingerprint density at radius 2 is 2.14 bits per heavy atom. The van der Waals surface area contributed by atoms with E-state index in [4.69, 9.17) is 5.73 Å². The van der Waals surface area contributed by atoms with Crippen molar-refractivity contribution in [1.82, 2.24) is 15.5 Å². The van der Waals surface area contributed by atoms with Gasteiger partial charge in [-0.15, -0.1) is 10.2 Å².